The zero-order chi connectivity index (χ0) is 32.4. The third-order valence-electron chi connectivity index (χ3n) is 10.1. The predicted molar refractivity (Wildman–Crippen MR) is 187 cm³/mol. The minimum atomic E-state index is -0.742. The van der Waals surface area contributed by atoms with Crippen molar-refractivity contribution in [3.05, 3.63) is 60.1 Å². The molecule has 3 fully saturated rings. The average molecular weight is 779 g/mol. The second-order valence-corrected chi connectivity index (χ2v) is 15.5. The fourth-order valence-corrected chi connectivity index (χ4v) is 9.25. The summed E-state index contributed by atoms with van der Waals surface area (Å²) in [4.78, 5) is 49.4. The molecule has 1 atom stereocenters. The average Bonchev–Trinajstić information content (AvgIpc) is 3.74. The van der Waals surface area contributed by atoms with Crippen LogP contribution in [0.5, 0.6) is 5.75 Å². The van der Waals surface area contributed by atoms with Crippen LogP contribution in [0.2, 0.25) is 0 Å². The molecule has 3 N–H and O–H groups in total. The van der Waals surface area contributed by atoms with Crippen molar-refractivity contribution in [2.75, 3.05) is 46.3 Å². The third-order valence-corrected chi connectivity index (χ3v) is 12.0. The Morgan fingerprint density at radius 1 is 0.978 bits per heavy atom. The van der Waals surface area contributed by atoms with Crippen molar-refractivity contribution in [2.24, 2.45) is 11.8 Å². The van der Waals surface area contributed by atoms with Gasteiger partial charge in [0, 0.05) is 55.8 Å². The highest BCUT2D eigenvalue weighted by Gasteiger charge is 2.34. The molecule has 0 radical (unpaired) electrons. The summed E-state index contributed by atoms with van der Waals surface area (Å²) in [6.07, 6.45) is 7.92. The molecule has 0 saturated carbocycles. The highest BCUT2D eigenvalue weighted by atomic mass is 79.9. The van der Waals surface area contributed by atoms with E-state index >= 15 is 0 Å². The lowest BCUT2D eigenvalue weighted by molar-refractivity contribution is -0.135. The van der Waals surface area contributed by atoms with E-state index in [-0.39, 0.29) is 29.4 Å². The summed E-state index contributed by atoms with van der Waals surface area (Å²) in [6.45, 7) is 4.67. The van der Waals surface area contributed by atoms with E-state index < -0.39 is 6.04 Å². The van der Waals surface area contributed by atoms with Gasteiger partial charge in [-0.15, -0.1) is 0 Å². The number of aromatic hydroxyl groups is 1. The van der Waals surface area contributed by atoms with Gasteiger partial charge >= 0.3 is 11.7 Å². The summed E-state index contributed by atoms with van der Waals surface area (Å²) in [7, 11) is 2.19. The fraction of sp³-hybridized carbons (Fsp3) is 0.545. The number of amides is 3. The predicted octanol–water partition coefficient (Wildman–Crippen LogP) is 5.67. The van der Waals surface area contributed by atoms with Crippen molar-refractivity contribution in [3.8, 4) is 17.0 Å². The Labute approximate surface area is 290 Å². The molecule has 1 aromatic carbocycles. The maximum Gasteiger partial charge on any atom is 0.326 e. The quantitative estimate of drug-likeness (QED) is 0.286. The molecule has 5 heterocycles. The van der Waals surface area contributed by atoms with E-state index in [0.717, 1.165) is 48.7 Å². The molecule has 3 aliphatic rings. The van der Waals surface area contributed by atoms with E-state index in [1.54, 1.807) is 32.9 Å². The van der Waals surface area contributed by atoms with Crippen molar-refractivity contribution in [1.29, 1.82) is 0 Å². The molecular formula is C33H42Br2N6O4S. The highest BCUT2D eigenvalue weighted by Crippen LogP contribution is 2.35. The van der Waals surface area contributed by atoms with E-state index in [1.807, 2.05) is 27.9 Å². The van der Waals surface area contributed by atoms with Gasteiger partial charge in [0.15, 0.2) is 0 Å². The van der Waals surface area contributed by atoms with Gasteiger partial charge in [0.05, 0.1) is 14.6 Å². The number of hydrogen-bond acceptors (Lipinski definition) is 6. The molecular weight excluding hydrogens is 736 g/mol. The largest absolute Gasteiger partial charge is 0.506 e. The molecule has 46 heavy (non-hydrogen) atoms. The van der Waals surface area contributed by atoms with E-state index in [2.05, 4.69) is 54.1 Å². The summed E-state index contributed by atoms with van der Waals surface area (Å²) in [6, 6.07) is 4.56. The van der Waals surface area contributed by atoms with Crippen molar-refractivity contribution in [3.63, 3.8) is 0 Å². The molecule has 13 heteroatoms. The molecule has 6 rings (SSSR count). The van der Waals surface area contributed by atoms with E-state index in [1.165, 1.54) is 12.8 Å². The number of H-pyrrole nitrogens is 1. The number of rotatable bonds is 7. The number of urea groups is 1. The van der Waals surface area contributed by atoms with Crippen LogP contribution in [-0.4, -0.2) is 93.7 Å². The number of piperidine rings is 3. The zero-order valence-corrected chi connectivity index (χ0v) is 30.1. The smallest absolute Gasteiger partial charge is 0.326 e. The minimum absolute atomic E-state index is 0.00447. The molecule has 0 unspecified atom stereocenters. The number of aromatic nitrogens is 2. The van der Waals surface area contributed by atoms with Crippen LogP contribution in [0.1, 0.15) is 50.1 Å². The lowest BCUT2D eigenvalue weighted by atomic mass is 9.79. The van der Waals surface area contributed by atoms with Gasteiger partial charge in [0.1, 0.15) is 11.8 Å². The number of carbonyl (C=O) groups excluding carboxylic acids is 2. The topological polar surface area (TPSA) is 114 Å². The number of aromatic amines is 1. The molecule has 3 saturated heterocycles. The van der Waals surface area contributed by atoms with Crippen LogP contribution in [0.25, 0.3) is 11.3 Å². The maximum absolute atomic E-state index is 14.0. The second kappa shape index (κ2) is 14.7. The van der Waals surface area contributed by atoms with Gasteiger partial charge in [-0.2, -0.15) is 11.3 Å². The Balaban J connectivity index is 1.10. The van der Waals surface area contributed by atoms with Gasteiger partial charge in [-0.1, -0.05) is 0 Å². The van der Waals surface area contributed by atoms with E-state index in [0.29, 0.717) is 60.3 Å². The van der Waals surface area contributed by atoms with Crippen LogP contribution < -0.4 is 11.0 Å². The Morgan fingerprint density at radius 3 is 2.20 bits per heavy atom. The first-order valence-corrected chi connectivity index (χ1v) is 18.7. The Bertz CT molecular complexity index is 1550. The standard InChI is InChI=1S/C33H42Br2N6O4S/c1-38-9-2-22(3-10-38)23-4-11-39(12-5-23)31(43)28(18-21-16-26(34)30(42)27(35)17-21)36-32(44)40-13-6-25(7-14-40)41-19-29(37-33(41)45)24-8-15-46-20-24/h8,15-17,19-20,22-23,25,28,42H,2-7,9-14,18H2,1H3,(H,36,44)(H,37,45)/t28-/m1/s1. The first-order chi connectivity index (χ1) is 22.2. The second-order valence-electron chi connectivity index (χ2n) is 13.0. The molecule has 3 amide bonds. The molecule has 0 spiro atoms. The van der Waals surface area contributed by atoms with E-state index in [4.69, 9.17) is 0 Å². The minimum Gasteiger partial charge on any atom is -0.506 e. The van der Waals surface area contributed by atoms with Gasteiger partial charge in [-0.05, 0) is 132 Å². The molecule has 3 aromatic rings. The molecule has 0 bridgehead atoms. The van der Waals surface area contributed by atoms with Crippen LogP contribution >= 0.6 is 43.2 Å². The van der Waals surface area contributed by atoms with Gasteiger partial charge in [-0.3, -0.25) is 9.36 Å². The van der Waals surface area contributed by atoms with Crippen molar-refractivity contribution in [2.45, 2.75) is 57.0 Å². The van der Waals surface area contributed by atoms with E-state index in [9.17, 15) is 19.5 Å². The van der Waals surface area contributed by atoms with Crippen LogP contribution in [0.15, 0.2) is 48.9 Å². The number of hydrogen-bond donors (Lipinski definition) is 3. The van der Waals surface area contributed by atoms with Crippen LogP contribution in [0.3, 0.4) is 0 Å². The number of carbonyl (C=O) groups is 2. The van der Waals surface area contributed by atoms with Gasteiger partial charge in [0.2, 0.25) is 5.91 Å². The summed E-state index contributed by atoms with van der Waals surface area (Å²) in [5, 5.41) is 17.3. The number of halogens is 2. The number of benzene rings is 1. The number of phenolic OH excluding ortho intramolecular Hbond substituents is 1. The number of nitrogens with zero attached hydrogens (tertiary/aromatic N) is 4. The molecule has 3 aliphatic heterocycles. The monoisotopic (exact) mass is 776 g/mol. The number of phenols is 1. The molecule has 2 aromatic heterocycles. The Kier molecular flexibility index (Phi) is 10.6. The SMILES string of the molecule is CN1CCC(C2CCN(C(=O)[C@@H](Cc3cc(Br)c(O)c(Br)c3)NC(=O)N3CCC(n4cc(-c5ccsc5)[nH]c4=O)CC3)CC2)CC1. The van der Waals surface area contributed by atoms with Gasteiger partial charge in [0.25, 0.3) is 0 Å². The fourth-order valence-electron chi connectivity index (χ4n) is 7.32. The lowest BCUT2D eigenvalue weighted by Gasteiger charge is -2.40. The molecule has 10 nitrogen and oxygen atoms in total. The van der Waals surface area contributed by atoms with Crippen LogP contribution in [0, 0.1) is 11.8 Å². The number of imidazole rings is 1. The van der Waals surface area contributed by atoms with Gasteiger partial charge in [-0.25, -0.2) is 9.59 Å². The Hall–Kier alpha value is -2.61. The first-order valence-electron chi connectivity index (χ1n) is 16.2. The molecule has 0 aliphatic carbocycles. The number of thiophene rings is 1. The highest BCUT2D eigenvalue weighted by molar-refractivity contribution is 9.11. The third kappa shape index (κ3) is 7.58. The van der Waals surface area contributed by atoms with Crippen LogP contribution in [0.4, 0.5) is 4.79 Å². The van der Waals surface area contributed by atoms with Crippen molar-refractivity contribution in [1.82, 2.24) is 29.6 Å². The normalized spacial score (nSPS) is 19.8. The number of likely N-dealkylation sites (tertiary alicyclic amines) is 3. The molecule has 248 valence electrons. The Morgan fingerprint density at radius 2 is 1.59 bits per heavy atom. The first kappa shape index (κ1) is 33.3. The van der Waals surface area contributed by atoms with Crippen molar-refractivity contribution < 1.29 is 14.7 Å². The number of nitrogens with one attached hydrogen (secondary N) is 2. The lowest BCUT2D eigenvalue weighted by Crippen LogP contribution is -2.55. The summed E-state index contributed by atoms with van der Waals surface area (Å²) >= 11 is 8.39. The summed E-state index contributed by atoms with van der Waals surface area (Å²) < 4.78 is 2.81. The zero-order valence-electron chi connectivity index (χ0n) is 26.1. The summed E-state index contributed by atoms with van der Waals surface area (Å²) in [5.41, 5.74) is 2.48. The maximum atomic E-state index is 14.0. The summed E-state index contributed by atoms with van der Waals surface area (Å²) in [5.74, 6) is 1.40. The van der Waals surface area contributed by atoms with Gasteiger partial charge < -0.3 is 30.1 Å². The van der Waals surface area contributed by atoms with Crippen molar-refractivity contribution >= 4 is 55.1 Å². The van der Waals surface area contributed by atoms with Crippen LogP contribution in [-0.2, 0) is 11.2 Å².